The highest BCUT2D eigenvalue weighted by Crippen LogP contribution is 2.33. The summed E-state index contributed by atoms with van der Waals surface area (Å²) in [6.07, 6.45) is 17.7. The third-order valence-electron chi connectivity index (χ3n) is 7.51. The van der Waals surface area contributed by atoms with Crippen LogP contribution in [0.3, 0.4) is 0 Å². The minimum atomic E-state index is 0.0145. The number of piperidine rings is 1. The fraction of sp³-hybridized carbons (Fsp3) is 0.452. The lowest BCUT2D eigenvalue weighted by Gasteiger charge is -2.35. The quantitative estimate of drug-likeness (QED) is 0.419. The van der Waals surface area contributed by atoms with Gasteiger partial charge in [-0.1, -0.05) is 18.6 Å². The van der Waals surface area contributed by atoms with Crippen molar-refractivity contribution in [1.82, 2.24) is 19.2 Å². The van der Waals surface area contributed by atoms with Gasteiger partial charge in [0.25, 0.3) is 0 Å². The molecular weight excluding hydrogens is 458 g/mol. The van der Waals surface area contributed by atoms with Crippen LogP contribution in [-0.2, 0) is 7.05 Å². The van der Waals surface area contributed by atoms with Crippen molar-refractivity contribution < 1.29 is 0 Å². The summed E-state index contributed by atoms with van der Waals surface area (Å²) in [5.74, 6) is 1.10. The average Bonchev–Trinajstić information content (AvgIpc) is 3.26. The molecule has 2 aromatic rings. The van der Waals surface area contributed by atoms with Gasteiger partial charge in [0.15, 0.2) is 0 Å². The molecule has 0 saturated carbocycles. The van der Waals surface area contributed by atoms with Gasteiger partial charge in [-0.05, 0) is 100 Å². The topological polar surface area (TPSA) is 55.4 Å². The number of hydrogen-bond acceptors (Lipinski definition) is 4. The first kappa shape index (κ1) is 26.6. The summed E-state index contributed by atoms with van der Waals surface area (Å²) in [7, 11) is 1.81. The molecule has 0 radical (unpaired) electrons. The first-order valence-electron chi connectivity index (χ1n) is 13.5. The van der Waals surface area contributed by atoms with Crippen LogP contribution in [0.25, 0.3) is 17.7 Å². The molecule has 1 fully saturated rings. The molecule has 3 heterocycles. The maximum absolute atomic E-state index is 11.9. The summed E-state index contributed by atoms with van der Waals surface area (Å²) < 4.78 is 3.90. The Morgan fingerprint density at radius 3 is 2.57 bits per heavy atom. The summed E-state index contributed by atoms with van der Waals surface area (Å²) in [5.41, 5.74) is 8.57. The van der Waals surface area contributed by atoms with Gasteiger partial charge in [-0.15, -0.1) is 0 Å². The number of rotatable bonds is 6. The Kier molecular flexibility index (Phi) is 8.47. The molecule has 2 aliphatic rings. The molecule has 0 aromatic carbocycles. The second kappa shape index (κ2) is 11.8. The van der Waals surface area contributed by atoms with Gasteiger partial charge in [-0.3, -0.25) is 9.48 Å². The standard InChI is InChI=1S/C31H41N5O/c1-7-24(8-2)19-32-31(22(3)4)35-15-13-28(14-16-35)36-29-17-23(5)9-10-25(18-27(29)20-33-36)26-11-12-30(37)34(6)21-26/h7,11-12,17-21,28H,8-10,13-16H2,1-6H3/b23-17+,24-7-,25-18+,32-19-. The molecule has 1 aliphatic heterocycles. The van der Waals surface area contributed by atoms with Crippen LogP contribution in [0.4, 0.5) is 0 Å². The molecule has 2 aromatic heterocycles. The highest BCUT2D eigenvalue weighted by atomic mass is 16.1. The van der Waals surface area contributed by atoms with Gasteiger partial charge >= 0.3 is 0 Å². The minimum absolute atomic E-state index is 0.0145. The van der Waals surface area contributed by atoms with Crippen molar-refractivity contribution in [3.05, 3.63) is 80.3 Å². The molecule has 37 heavy (non-hydrogen) atoms. The Hall–Kier alpha value is -3.41. The first-order valence-corrected chi connectivity index (χ1v) is 13.5. The molecule has 1 saturated heterocycles. The molecule has 0 bridgehead atoms. The number of aryl methyl sites for hydroxylation is 1. The van der Waals surface area contributed by atoms with E-state index < -0.39 is 0 Å². The van der Waals surface area contributed by atoms with Crippen LogP contribution in [0.1, 0.15) is 89.6 Å². The number of aliphatic imine (C=N–C) groups is 1. The fourth-order valence-corrected chi connectivity index (χ4v) is 5.21. The molecule has 0 amide bonds. The normalized spacial score (nSPS) is 20.1. The van der Waals surface area contributed by atoms with E-state index in [2.05, 4.69) is 62.4 Å². The molecule has 0 unspecified atom stereocenters. The highest BCUT2D eigenvalue weighted by Gasteiger charge is 2.25. The number of hydrogen-bond donors (Lipinski definition) is 0. The van der Waals surface area contributed by atoms with Gasteiger partial charge in [0.05, 0.1) is 17.9 Å². The van der Waals surface area contributed by atoms with Crippen LogP contribution in [0, 0.1) is 0 Å². The van der Waals surface area contributed by atoms with Gasteiger partial charge < -0.3 is 9.47 Å². The molecule has 0 atom stereocenters. The second-order valence-electron chi connectivity index (χ2n) is 10.5. The third-order valence-corrected chi connectivity index (χ3v) is 7.51. The lowest BCUT2D eigenvalue weighted by molar-refractivity contribution is 0.215. The van der Waals surface area contributed by atoms with Gasteiger partial charge in [-0.2, -0.15) is 5.10 Å². The summed E-state index contributed by atoms with van der Waals surface area (Å²) in [5, 5.41) is 4.89. The maximum atomic E-state index is 11.9. The molecular formula is C31H41N5O. The van der Waals surface area contributed by atoms with Crippen molar-refractivity contribution in [3.8, 4) is 0 Å². The van der Waals surface area contributed by atoms with Crippen LogP contribution >= 0.6 is 0 Å². The van der Waals surface area contributed by atoms with Crippen LogP contribution in [0.2, 0.25) is 0 Å². The van der Waals surface area contributed by atoms with Crippen molar-refractivity contribution >= 4 is 23.9 Å². The summed E-state index contributed by atoms with van der Waals surface area (Å²) >= 11 is 0. The predicted octanol–water partition coefficient (Wildman–Crippen LogP) is 6.63. The Bertz CT molecular complexity index is 1340. The van der Waals surface area contributed by atoms with E-state index >= 15 is 0 Å². The summed E-state index contributed by atoms with van der Waals surface area (Å²) in [4.78, 5) is 19.2. The summed E-state index contributed by atoms with van der Waals surface area (Å²) in [6, 6.07) is 3.96. The fourth-order valence-electron chi connectivity index (χ4n) is 5.21. The molecule has 1 aliphatic carbocycles. The molecule has 4 rings (SSSR count). The van der Waals surface area contributed by atoms with E-state index in [-0.39, 0.29) is 5.56 Å². The molecule has 6 nitrogen and oxygen atoms in total. The zero-order chi connectivity index (χ0) is 26.5. The van der Waals surface area contributed by atoms with Crippen molar-refractivity contribution in [2.45, 2.75) is 72.8 Å². The number of aromatic nitrogens is 3. The highest BCUT2D eigenvalue weighted by molar-refractivity contribution is 5.84. The monoisotopic (exact) mass is 499 g/mol. The second-order valence-corrected chi connectivity index (χ2v) is 10.5. The zero-order valence-corrected chi connectivity index (χ0v) is 23.3. The van der Waals surface area contributed by atoms with Crippen molar-refractivity contribution in [2.24, 2.45) is 12.0 Å². The van der Waals surface area contributed by atoms with Gasteiger partial charge in [0.1, 0.15) is 5.82 Å². The SMILES string of the molecule is C/C=C(\C=N/C(=C(C)C)N1CCC(n2ncc3c2/C=C(\C)CC/C(c2ccc(=O)n(C)c2)=C\3)CC1)CC. The number of nitrogens with zero attached hydrogens (tertiary/aromatic N) is 5. The minimum Gasteiger partial charge on any atom is -0.357 e. The summed E-state index contributed by atoms with van der Waals surface area (Å²) in [6.45, 7) is 12.7. The Morgan fingerprint density at radius 2 is 1.92 bits per heavy atom. The van der Waals surface area contributed by atoms with E-state index in [1.807, 2.05) is 31.7 Å². The van der Waals surface area contributed by atoms with E-state index in [1.54, 1.807) is 10.6 Å². The molecule has 0 N–H and O–H groups in total. The van der Waals surface area contributed by atoms with Crippen LogP contribution in [0.15, 0.2) is 62.9 Å². The van der Waals surface area contributed by atoms with E-state index in [0.29, 0.717) is 6.04 Å². The maximum Gasteiger partial charge on any atom is 0.250 e. The molecule has 6 heteroatoms. The van der Waals surface area contributed by atoms with Crippen molar-refractivity contribution in [1.29, 1.82) is 0 Å². The molecule has 196 valence electrons. The van der Waals surface area contributed by atoms with Crippen LogP contribution in [-0.4, -0.2) is 38.6 Å². The number of pyridine rings is 1. The number of likely N-dealkylation sites (tertiary alicyclic amines) is 1. The Morgan fingerprint density at radius 1 is 1.16 bits per heavy atom. The number of allylic oxidation sites excluding steroid dienone is 5. The van der Waals surface area contributed by atoms with E-state index in [0.717, 1.165) is 62.1 Å². The Balaban J connectivity index is 1.57. The van der Waals surface area contributed by atoms with Crippen LogP contribution < -0.4 is 5.56 Å². The van der Waals surface area contributed by atoms with Crippen LogP contribution in [0.5, 0.6) is 0 Å². The Labute approximate surface area is 221 Å². The lowest BCUT2D eigenvalue weighted by atomic mass is 9.94. The number of fused-ring (bicyclic) bond motifs is 1. The van der Waals surface area contributed by atoms with Gasteiger partial charge in [0.2, 0.25) is 5.56 Å². The van der Waals surface area contributed by atoms with Crippen molar-refractivity contribution in [3.63, 3.8) is 0 Å². The average molecular weight is 500 g/mol. The van der Waals surface area contributed by atoms with E-state index in [9.17, 15) is 4.79 Å². The smallest absolute Gasteiger partial charge is 0.250 e. The lowest BCUT2D eigenvalue weighted by Crippen LogP contribution is -2.34. The van der Waals surface area contributed by atoms with Crippen molar-refractivity contribution in [2.75, 3.05) is 13.1 Å². The molecule has 0 spiro atoms. The third kappa shape index (κ3) is 6.12. The first-order chi connectivity index (χ1) is 17.8. The predicted molar refractivity (Wildman–Crippen MR) is 155 cm³/mol. The largest absolute Gasteiger partial charge is 0.357 e. The van der Waals surface area contributed by atoms with E-state index in [4.69, 9.17) is 10.1 Å². The zero-order valence-electron chi connectivity index (χ0n) is 23.3. The van der Waals surface area contributed by atoms with Gasteiger partial charge in [0, 0.05) is 44.2 Å². The van der Waals surface area contributed by atoms with E-state index in [1.165, 1.54) is 28.0 Å². The van der Waals surface area contributed by atoms with Gasteiger partial charge in [-0.25, -0.2) is 4.99 Å².